The molecular weight excluding hydrogens is 264 g/mol. The summed E-state index contributed by atoms with van der Waals surface area (Å²) in [6.45, 7) is 1.88. The van der Waals surface area contributed by atoms with Crippen LogP contribution in [0.5, 0.6) is 0 Å². The van der Waals surface area contributed by atoms with Crippen molar-refractivity contribution in [3.8, 4) is 0 Å². The Morgan fingerprint density at radius 1 is 1.12 bits per heavy atom. The highest BCUT2D eigenvalue weighted by atomic mass is 79.9. The smallest absolute Gasteiger partial charge is 0.0492 e. The summed E-state index contributed by atoms with van der Waals surface area (Å²) in [5.74, 6) is 0. The van der Waals surface area contributed by atoms with Crippen LogP contribution < -0.4 is 5.73 Å². The monoisotopic (exact) mass is 280 g/mol. The van der Waals surface area contributed by atoms with Gasteiger partial charge in [0.15, 0.2) is 0 Å². The highest BCUT2D eigenvalue weighted by Crippen LogP contribution is 2.26. The fourth-order valence-electron chi connectivity index (χ4n) is 1.99. The van der Waals surface area contributed by atoms with Crippen LogP contribution in [0.25, 0.3) is 10.9 Å². The van der Waals surface area contributed by atoms with Gasteiger partial charge >= 0.3 is 0 Å². The van der Waals surface area contributed by atoms with Gasteiger partial charge in [-0.3, -0.25) is 0 Å². The third kappa shape index (κ3) is 2.47. The predicted octanol–water partition coefficient (Wildman–Crippen LogP) is 3.53. The number of aryl methyl sites for hydroxylation is 1. The molecule has 86 valence electrons. The lowest BCUT2D eigenvalue weighted by molar-refractivity contribution is 0.603. The highest BCUT2D eigenvalue weighted by molar-refractivity contribution is 9.10. The molecule has 2 N–H and O–H groups in total. The SMILES string of the molecule is NCCCCCn1cc(Br)c2ccccc21. The zero-order valence-corrected chi connectivity index (χ0v) is 10.9. The van der Waals surface area contributed by atoms with Crippen molar-refractivity contribution in [1.82, 2.24) is 4.57 Å². The second-order valence-corrected chi connectivity index (χ2v) is 4.89. The third-order valence-corrected chi connectivity index (χ3v) is 3.48. The first-order valence-electron chi connectivity index (χ1n) is 5.76. The van der Waals surface area contributed by atoms with Gasteiger partial charge in [0, 0.05) is 28.1 Å². The average molecular weight is 281 g/mol. The van der Waals surface area contributed by atoms with E-state index in [1.54, 1.807) is 0 Å². The van der Waals surface area contributed by atoms with Gasteiger partial charge in [-0.1, -0.05) is 24.6 Å². The summed E-state index contributed by atoms with van der Waals surface area (Å²) in [5, 5.41) is 1.29. The number of rotatable bonds is 5. The maximum Gasteiger partial charge on any atom is 0.0492 e. The molecule has 1 aromatic heterocycles. The van der Waals surface area contributed by atoms with Gasteiger partial charge in [0.05, 0.1) is 0 Å². The molecule has 2 rings (SSSR count). The fraction of sp³-hybridized carbons (Fsp3) is 0.385. The van der Waals surface area contributed by atoms with Gasteiger partial charge in [0.2, 0.25) is 0 Å². The van der Waals surface area contributed by atoms with Crippen LogP contribution in [0.3, 0.4) is 0 Å². The third-order valence-electron chi connectivity index (χ3n) is 2.84. The minimum Gasteiger partial charge on any atom is -0.346 e. The van der Waals surface area contributed by atoms with Crippen LogP contribution in [-0.2, 0) is 6.54 Å². The lowest BCUT2D eigenvalue weighted by Gasteiger charge is -2.04. The molecule has 1 heterocycles. The summed E-state index contributed by atoms with van der Waals surface area (Å²) in [4.78, 5) is 0. The molecule has 0 aliphatic heterocycles. The molecule has 0 aliphatic rings. The minimum atomic E-state index is 0.802. The van der Waals surface area contributed by atoms with Gasteiger partial charge in [-0.25, -0.2) is 0 Å². The number of para-hydroxylation sites is 1. The number of benzene rings is 1. The Morgan fingerprint density at radius 3 is 2.75 bits per heavy atom. The average Bonchev–Trinajstić information content (AvgIpc) is 2.63. The van der Waals surface area contributed by atoms with E-state index in [0.29, 0.717) is 0 Å². The summed E-state index contributed by atoms with van der Waals surface area (Å²) < 4.78 is 3.50. The van der Waals surface area contributed by atoms with Crippen molar-refractivity contribution in [1.29, 1.82) is 0 Å². The minimum absolute atomic E-state index is 0.802. The first-order chi connectivity index (χ1) is 7.83. The van der Waals surface area contributed by atoms with Crippen LogP contribution in [0.15, 0.2) is 34.9 Å². The van der Waals surface area contributed by atoms with Crippen LogP contribution in [-0.4, -0.2) is 11.1 Å². The Bertz CT molecular complexity index is 462. The van der Waals surface area contributed by atoms with Gasteiger partial charge in [-0.2, -0.15) is 0 Å². The van der Waals surface area contributed by atoms with E-state index in [9.17, 15) is 0 Å². The summed E-state index contributed by atoms with van der Waals surface area (Å²) >= 11 is 3.60. The van der Waals surface area contributed by atoms with Gasteiger partial charge in [-0.15, -0.1) is 0 Å². The van der Waals surface area contributed by atoms with Crippen LogP contribution in [0.2, 0.25) is 0 Å². The standard InChI is InChI=1S/C13H17BrN2/c14-12-10-16(9-5-1-4-8-15)13-7-3-2-6-11(12)13/h2-3,6-7,10H,1,4-5,8-9,15H2. The molecule has 2 aromatic rings. The molecule has 0 fully saturated rings. The van der Waals surface area contributed by atoms with Crippen molar-refractivity contribution < 1.29 is 0 Å². The highest BCUT2D eigenvalue weighted by Gasteiger charge is 2.04. The Labute approximate surface area is 105 Å². The molecule has 0 amide bonds. The maximum absolute atomic E-state index is 5.49. The lowest BCUT2D eigenvalue weighted by atomic mass is 10.2. The molecule has 16 heavy (non-hydrogen) atoms. The number of fused-ring (bicyclic) bond motifs is 1. The second kappa shape index (κ2) is 5.51. The van der Waals surface area contributed by atoms with Crippen molar-refractivity contribution in [3.63, 3.8) is 0 Å². The molecule has 0 spiro atoms. The first kappa shape index (κ1) is 11.7. The van der Waals surface area contributed by atoms with E-state index >= 15 is 0 Å². The molecule has 0 bridgehead atoms. The topological polar surface area (TPSA) is 30.9 Å². The molecule has 3 heteroatoms. The number of aromatic nitrogens is 1. The van der Waals surface area contributed by atoms with E-state index in [1.165, 1.54) is 28.2 Å². The molecular formula is C13H17BrN2. The number of hydrogen-bond acceptors (Lipinski definition) is 1. The van der Waals surface area contributed by atoms with Crippen molar-refractivity contribution in [3.05, 3.63) is 34.9 Å². The molecule has 0 aliphatic carbocycles. The summed E-state index contributed by atoms with van der Waals surface area (Å²) in [5.41, 5.74) is 6.80. The van der Waals surface area contributed by atoms with Gasteiger partial charge in [0.25, 0.3) is 0 Å². The molecule has 0 atom stereocenters. The normalized spacial score (nSPS) is 11.1. The van der Waals surface area contributed by atoms with Crippen LogP contribution in [0, 0.1) is 0 Å². The van der Waals surface area contributed by atoms with Crippen LogP contribution in [0.4, 0.5) is 0 Å². The van der Waals surface area contributed by atoms with Gasteiger partial charge < -0.3 is 10.3 Å². The number of nitrogens with two attached hydrogens (primary N) is 1. The molecule has 0 unspecified atom stereocenters. The van der Waals surface area contributed by atoms with E-state index in [0.717, 1.165) is 19.5 Å². The first-order valence-corrected chi connectivity index (χ1v) is 6.55. The van der Waals surface area contributed by atoms with Crippen molar-refractivity contribution in [2.45, 2.75) is 25.8 Å². The number of hydrogen-bond donors (Lipinski definition) is 1. The fourth-order valence-corrected chi connectivity index (χ4v) is 2.57. The molecule has 0 saturated heterocycles. The summed E-state index contributed by atoms with van der Waals surface area (Å²) in [7, 11) is 0. The molecule has 1 aromatic carbocycles. The Hall–Kier alpha value is -0.800. The zero-order valence-electron chi connectivity index (χ0n) is 9.32. The van der Waals surface area contributed by atoms with Crippen LogP contribution in [0.1, 0.15) is 19.3 Å². The van der Waals surface area contributed by atoms with E-state index in [4.69, 9.17) is 5.73 Å². The van der Waals surface area contributed by atoms with E-state index < -0.39 is 0 Å². The van der Waals surface area contributed by atoms with Gasteiger partial charge in [0.1, 0.15) is 0 Å². The largest absolute Gasteiger partial charge is 0.346 e. The van der Waals surface area contributed by atoms with Crippen molar-refractivity contribution in [2.75, 3.05) is 6.54 Å². The Balaban J connectivity index is 2.12. The Kier molecular flexibility index (Phi) is 4.02. The quantitative estimate of drug-likeness (QED) is 0.835. The van der Waals surface area contributed by atoms with E-state index in [1.807, 2.05) is 0 Å². The van der Waals surface area contributed by atoms with E-state index in [2.05, 4.69) is 51.0 Å². The summed E-state index contributed by atoms with van der Waals surface area (Å²) in [6.07, 6.45) is 5.70. The number of nitrogens with zero attached hydrogens (tertiary/aromatic N) is 1. The molecule has 0 saturated carbocycles. The van der Waals surface area contributed by atoms with Gasteiger partial charge in [-0.05, 0) is 41.4 Å². The maximum atomic E-state index is 5.49. The molecule has 0 radical (unpaired) electrons. The lowest BCUT2D eigenvalue weighted by Crippen LogP contribution is -2.00. The number of unbranched alkanes of at least 4 members (excludes halogenated alkanes) is 2. The Morgan fingerprint density at radius 2 is 1.94 bits per heavy atom. The van der Waals surface area contributed by atoms with E-state index in [-0.39, 0.29) is 0 Å². The summed E-state index contributed by atoms with van der Waals surface area (Å²) in [6, 6.07) is 8.48. The second-order valence-electron chi connectivity index (χ2n) is 4.04. The zero-order chi connectivity index (χ0) is 11.4. The van der Waals surface area contributed by atoms with Crippen molar-refractivity contribution >= 4 is 26.8 Å². The number of halogens is 1. The van der Waals surface area contributed by atoms with Crippen LogP contribution >= 0.6 is 15.9 Å². The predicted molar refractivity (Wildman–Crippen MR) is 72.5 cm³/mol. The van der Waals surface area contributed by atoms with Crippen molar-refractivity contribution in [2.24, 2.45) is 5.73 Å². The molecule has 2 nitrogen and oxygen atoms in total.